The van der Waals surface area contributed by atoms with Crippen LogP contribution in [-0.4, -0.2) is 31.1 Å². The van der Waals surface area contributed by atoms with E-state index in [1.165, 1.54) is 18.1 Å². The Bertz CT molecular complexity index is 602. The fourth-order valence-corrected chi connectivity index (χ4v) is 3.97. The lowest BCUT2D eigenvalue weighted by molar-refractivity contribution is -0.260. The zero-order chi connectivity index (χ0) is 17.7. The van der Waals surface area contributed by atoms with Crippen LogP contribution >= 0.6 is 0 Å². The average Bonchev–Trinajstić information content (AvgIpc) is 3.03. The highest BCUT2D eigenvalue weighted by Crippen LogP contribution is 2.44. The van der Waals surface area contributed by atoms with Crippen LogP contribution in [0.25, 0.3) is 0 Å². The van der Waals surface area contributed by atoms with E-state index in [1.54, 1.807) is 0 Å². The molecule has 3 rings (SSSR count). The first-order chi connectivity index (χ1) is 12.1. The Hall–Kier alpha value is -1.65. The lowest BCUT2D eigenvalue weighted by atomic mass is 9.83. The summed E-state index contributed by atoms with van der Waals surface area (Å²) >= 11 is 0. The Morgan fingerprint density at radius 2 is 2.08 bits per heavy atom. The van der Waals surface area contributed by atoms with Gasteiger partial charge in [-0.15, -0.1) is 0 Å². The summed E-state index contributed by atoms with van der Waals surface area (Å²) in [5.41, 5.74) is 2.66. The van der Waals surface area contributed by atoms with Gasteiger partial charge in [0.25, 0.3) is 0 Å². The van der Waals surface area contributed by atoms with Crippen LogP contribution < -0.4 is 0 Å². The maximum absolute atomic E-state index is 11.3. The summed E-state index contributed by atoms with van der Waals surface area (Å²) in [7, 11) is 0. The lowest BCUT2D eigenvalue weighted by Gasteiger charge is -2.42. The number of benzene rings is 1. The molecule has 1 aromatic rings. The smallest absolute Gasteiger partial charge is 0.302 e. The first-order valence-electron chi connectivity index (χ1n) is 9.29. The van der Waals surface area contributed by atoms with Crippen molar-refractivity contribution in [1.82, 2.24) is 0 Å². The minimum absolute atomic E-state index is 0.00845. The van der Waals surface area contributed by atoms with Gasteiger partial charge in [0.1, 0.15) is 6.61 Å². The Labute approximate surface area is 150 Å². The van der Waals surface area contributed by atoms with Crippen LogP contribution in [0.3, 0.4) is 0 Å². The standard InChI is InChI=1S/C21H28O4/c1-16-14-19(11-6-10-18-8-4-3-5-9-18)20(15-23-17(2)22)21(25-16)12-7-13-24-21/h3-5,8-9,14,16,20H,6-7,10-13,15H2,1-2H3/t16-,20-,21-/m0/s1. The Morgan fingerprint density at radius 1 is 1.28 bits per heavy atom. The quantitative estimate of drug-likeness (QED) is 0.577. The third-order valence-corrected chi connectivity index (χ3v) is 5.06. The van der Waals surface area contributed by atoms with Crippen molar-refractivity contribution >= 4 is 5.97 Å². The number of carbonyl (C=O) groups is 1. The van der Waals surface area contributed by atoms with E-state index in [2.05, 4.69) is 37.3 Å². The first kappa shape index (κ1) is 18.2. The van der Waals surface area contributed by atoms with Crippen molar-refractivity contribution in [1.29, 1.82) is 0 Å². The highest BCUT2D eigenvalue weighted by atomic mass is 16.7. The van der Waals surface area contributed by atoms with E-state index < -0.39 is 5.79 Å². The number of ether oxygens (including phenoxy) is 3. The van der Waals surface area contributed by atoms with Gasteiger partial charge in [0.05, 0.1) is 18.6 Å². The largest absolute Gasteiger partial charge is 0.465 e. The molecular formula is C21H28O4. The van der Waals surface area contributed by atoms with Gasteiger partial charge in [0, 0.05) is 13.3 Å². The molecule has 4 nitrogen and oxygen atoms in total. The second-order valence-corrected chi connectivity index (χ2v) is 7.02. The molecule has 1 spiro atoms. The first-order valence-corrected chi connectivity index (χ1v) is 9.29. The summed E-state index contributed by atoms with van der Waals surface area (Å²) in [4.78, 5) is 11.3. The predicted molar refractivity (Wildman–Crippen MR) is 96.1 cm³/mol. The van der Waals surface area contributed by atoms with Gasteiger partial charge < -0.3 is 14.2 Å². The van der Waals surface area contributed by atoms with Gasteiger partial charge in [-0.1, -0.05) is 42.0 Å². The predicted octanol–water partition coefficient (Wildman–Crippen LogP) is 4.04. The molecule has 0 aliphatic carbocycles. The lowest BCUT2D eigenvalue weighted by Crippen LogP contribution is -2.48. The Morgan fingerprint density at radius 3 is 2.76 bits per heavy atom. The maximum Gasteiger partial charge on any atom is 0.302 e. The summed E-state index contributed by atoms with van der Waals surface area (Å²) in [5.74, 6) is -0.882. The van der Waals surface area contributed by atoms with Crippen LogP contribution in [0.4, 0.5) is 0 Å². The molecule has 25 heavy (non-hydrogen) atoms. The molecule has 2 aliphatic rings. The maximum atomic E-state index is 11.3. The molecule has 0 aromatic heterocycles. The third kappa shape index (κ3) is 4.50. The van der Waals surface area contributed by atoms with Crippen LogP contribution in [0.15, 0.2) is 42.0 Å². The minimum atomic E-state index is -0.619. The van der Waals surface area contributed by atoms with E-state index in [0.717, 1.165) is 32.1 Å². The molecule has 136 valence electrons. The number of aryl methyl sites for hydroxylation is 1. The molecule has 4 heteroatoms. The molecule has 0 radical (unpaired) electrons. The van der Waals surface area contributed by atoms with Crippen molar-refractivity contribution in [2.45, 2.75) is 57.8 Å². The van der Waals surface area contributed by atoms with Crippen LogP contribution in [-0.2, 0) is 25.4 Å². The minimum Gasteiger partial charge on any atom is -0.465 e. The Kier molecular flexibility index (Phi) is 5.92. The number of hydrogen-bond acceptors (Lipinski definition) is 4. The summed E-state index contributed by atoms with van der Waals surface area (Å²) in [6, 6.07) is 10.5. The van der Waals surface area contributed by atoms with E-state index in [0.29, 0.717) is 13.2 Å². The van der Waals surface area contributed by atoms with Crippen molar-refractivity contribution < 1.29 is 19.0 Å². The summed E-state index contributed by atoms with van der Waals surface area (Å²) in [6.45, 7) is 4.55. The zero-order valence-corrected chi connectivity index (χ0v) is 15.2. The molecule has 1 fully saturated rings. The van der Waals surface area contributed by atoms with E-state index in [4.69, 9.17) is 14.2 Å². The van der Waals surface area contributed by atoms with Gasteiger partial charge >= 0.3 is 5.97 Å². The number of rotatable bonds is 6. The molecular weight excluding hydrogens is 316 g/mol. The number of hydrogen-bond donors (Lipinski definition) is 0. The van der Waals surface area contributed by atoms with E-state index >= 15 is 0 Å². The molecule has 0 unspecified atom stereocenters. The SMILES string of the molecule is CC(=O)OC[C@H]1C(CCCc2ccccc2)=C[C@H](C)O[C@@]12CCCO2. The average molecular weight is 344 g/mol. The van der Waals surface area contributed by atoms with Crippen molar-refractivity contribution in [2.24, 2.45) is 5.92 Å². The third-order valence-electron chi connectivity index (χ3n) is 5.06. The summed E-state index contributed by atoms with van der Waals surface area (Å²) in [6.07, 6.45) is 7.14. The highest BCUT2D eigenvalue weighted by Gasteiger charge is 2.49. The van der Waals surface area contributed by atoms with E-state index in [1.807, 2.05) is 6.07 Å². The van der Waals surface area contributed by atoms with Crippen molar-refractivity contribution in [2.75, 3.05) is 13.2 Å². The topological polar surface area (TPSA) is 44.8 Å². The second-order valence-electron chi connectivity index (χ2n) is 7.02. The molecule has 3 atom stereocenters. The normalized spacial score (nSPS) is 28.8. The molecule has 0 saturated carbocycles. The van der Waals surface area contributed by atoms with Crippen LogP contribution in [0, 0.1) is 5.92 Å². The van der Waals surface area contributed by atoms with Gasteiger partial charge in [-0.2, -0.15) is 0 Å². The van der Waals surface area contributed by atoms with E-state index in [-0.39, 0.29) is 18.0 Å². The summed E-state index contributed by atoms with van der Waals surface area (Å²) < 4.78 is 17.6. The van der Waals surface area contributed by atoms with Crippen LogP contribution in [0.1, 0.15) is 45.1 Å². The molecule has 0 N–H and O–H groups in total. The number of esters is 1. The molecule has 0 amide bonds. The molecule has 1 aromatic carbocycles. The fourth-order valence-electron chi connectivity index (χ4n) is 3.97. The van der Waals surface area contributed by atoms with Gasteiger partial charge in [-0.25, -0.2) is 0 Å². The van der Waals surface area contributed by atoms with Gasteiger partial charge in [-0.3, -0.25) is 4.79 Å². The number of carbonyl (C=O) groups excluding carboxylic acids is 1. The van der Waals surface area contributed by atoms with Crippen molar-refractivity contribution in [3.63, 3.8) is 0 Å². The van der Waals surface area contributed by atoms with Crippen LogP contribution in [0.5, 0.6) is 0 Å². The Balaban J connectivity index is 1.70. The van der Waals surface area contributed by atoms with Crippen molar-refractivity contribution in [3.8, 4) is 0 Å². The summed E-state index contributed by atoms with van der Waals surface area (Å²) in [5, 5.41) is 0. The van der Waals surface area contributed by atoms with Crippen LogP contribution in [0.2, 0.25) is 0 Å². The molecule has 2 heterocycles. The van der Waals surface area contributed by atoms with Gasteiger partial charge in [0.15, 0.2) is 5.79 Å². The highest BCUT2D eigenvalue weighted by molar-refractivity contribution is 5.65. The molecule has 2 aliphatic heterocycles. The zero-order valence-electron chi connectivity index (χ0n) is 15.2. The van der Waals surface area contributed by atoms with Gasteiger partial charge in [0.2, 0.25) is 0 Å². The molecule has 0 bridgehead atoms. The fraction of sp³-hybridized carbons (Fsp3) is 0.571. The van der Waals surface area contributed by atoms with E-state index in [9.17, 15) is 4.79 Å². The second kappa shape index (κ2) is 8.15. The van der Waals surface area contributed by atoms with Crippen molar-refractivity contribution in [3.05, 3.63) is 47.5 Å². The monoisotopic (exact) mass is 344 g/mol. The molecule has 1 saturated heterocycles. The van der Waals surface area contributed by atoms with Gasteiger partial charge in [-0.05, 0) is 38.2 Å².